The minimum Gasteiger partial charge on any atom is -0.441 e. The molecule has 2 aromatic rings. The molecule has 0 fully saturated rings. The lowest BCUT2D eigenvalue weighted by Gasteiger charge is -2.28. The predicted octanol–water partition coefficient (Wildman–Crippen LogP) is 2.23. The van der Waals surface area contributed by atoms with Gasteiger partial charge in [-0.3, -0.25) is 4.79 Å². The molecular weight excluding hydrogens is 278 g/mol. The summed E-state index contributed by atoms with van der Waals surface area (Å²) >= 11 is 0. The third-order valence-corrected chi connectivity index (χ3v) is 3.73. The van der Waals surface area contributed by atoms with Gasteiger partial charge < -0.3 is 15.1 Å². The van der Waals surface area contributed by atoms with E-state index < -0.39 is 5.91 Å². The molecule has 1 amide bonds. The van der Waals surface area contributed by atoms with Crippen molar-refractivity contribution in [2.24, 2.45) is 5.73 Å². The van der Waals surface area contributed by atoms with Crippen LogP contribution in [0.5, 0.6) is 0 Å². The molecule has 3 rings (SSSR count). The summed E-state index contributed by atoms with van der Waals surface area (Å²) in [7, 11) is 0. The van der Waals surface area contributed by atoms with Crippen LogP contribution in [0, 0.1) is 11.3 Å². The fraction of sp³-hybridized carbons (Fsp3) is 0.176. The van der Waals surface area contributed by atoms with Crippen LogP contribution in [0.1, 0.15) is 16.9 Å². The van der Waals surface area contributed by atoms with Gasteiger partial charge in [0, 0.05) is 25.2 Å². The molecule has 0 saturated heterocycles. The smallest absolute Gasteiger partial charge is 0.259 e. The largest absolute Gasteiger partial charge is 0.441 e. The van der Waals surface area contributed by atoms with Gasteiger partial charge in [-0.15, -0.1) is 0 Å². The van der Waals surface area contributed by atoms with Crippen LogP contribution in [0.15, 0.2) is 46.4 Å². The lowest BCUT2D eigenvalue weighted by atomic mass is 10.0. The standard InChI is InChI=1S/C17H15N3O2/c18-10-14(17(19)21)9-15-5-6-16(22-15)20-8-7-12-3-1-2-4-13(12)11-20/h1-6,9H,7-8,11H2,(H2,19,21). The molecule has 0 spiro atoms. The third-order valence-electron chi connectivity index (χ3n) is 3.73. The molecule has 0 atom stereocenters. The average Bonchev–Trinajstić information content (AvgIpc) is 3.00. The van der Waals surface area contributed by atoms with Gasteiger partial charge in [-0.25, -0.2) is 0 Å². The number of nitrogens with zero attached hydrogens (tertiary/aromatic N) is 2. The van der Waals surface area contributed by atoms with E-state index in [-0.39, 0.29) is 5.57 Å². The Balaban J connectivity index is 1.81. The van der Waals surface area contributed by atoms with E-state index >= 15 is 0 Å². The monoisotopic (exact) mass is 293 g/mol. The van der Waals surface area contributed by atoms with Crippen LogP contribution < -0.4 is 10.6 Å². The first-order chi connectivity index (χ1) is 10.7. The van der Waals surface area contributed by atoms with E-state index in [9.17, 15) is 4.79 Å². The lowest BCUT2D eigenvalue weighted by molar-refractivity contribution is -0.114. The second-order valence-corrected chi connectivity index (χ2v) is 5.15. The maximum atomic E-state index is 11.1. The van der Waals surface area contributed by atoms with E-state index in [4.69, 9.17) is 15.4 Å². The van der Waals surface area contributed by atoms with Crippen molar-refractivity contribution in [2.45, 2.75) is 13.0 Å². The first kappa shape index (κ1) is 14.0. The molecule has 0 unspecified atom stereocenters. The number of benzene rings is 1. The molecule has 0 radical (unpaired) electrons. The fourth-order valence-electron chi connectivity index (χ4n) is 2.57. The average molecular weight is 293 g/mol. The van der Waals surface area contributed by atoms with Crippen molar-refractivity contribution in [1.82, 2.24) is 0 Å². The van der Waals surface area contributed by atoms with Crippen molar-refractivity contribution in [1.29, 1.82) is 5.26 Å². The van der Waals surface area contributed by atoms with Crippen LogP contribution in [-0.2, 0) is 17.8 Å². The van der Waals surface area contributed by atoms with Crippen LogP contribution in [-0.4, -0.2) is 12.5 Å². The van der Waals surface area contributed by atoms with E-state index in [1.165, 1.54) is 17.2 Å². The van der Waals surface area contributed by atoms with E-state index in [1.54, 1.807) is 12.1 Å². The van der Waals surface area contributed by atoms with Crippen molar-refractivity contribution in [2.75, 3.05) is 11.4 Å². The van der Waals surface area contributed by atoms with Crippen molar-refractivity contribution in [3.05, 3.63) is 58.9 Å². The topological polar surface area (TPSA) is 83.3 Å². The number of rotatable bonds is 3. The van der Waals surface area contributed by atoms with Gasteiger partial charge in [-0.2, -0.15) is 5.26 Å². The summed E-state index contributed by atoms with van der Waals surface area (Å²) in [5.74, 6) is 0.416. The molecule has 1 aromatic carbocycles. The summed E-state index contributed by atoms with van der Waals surface area (Å²) in [6.45, 7) is 1.66. The zero-order valence-electron chi connectivity index (χ0n) is 12.0. The zero-order chi connectivity index (χ0) is 15.5. The van der Waals surface area contributed by atoms with Gasteiger partial charge in [-0.05, 0) is 23.6 Å². The highest BCUT2D eigenvalue weighted by atomic mass is 16.4. The van der Waals surface area contributed by atoms with E-state index in [2.05, 4.69) is 23.1 Å². The number of fused-ring (bicyclic) bond motifs is 1. The molecule has 2 N–H and O–H groups in total. The minimum absolute atomic E-state index is 0.120. The first-order valence-corrected chi connectivity index (χ1v) is 7.00. The molecule has 22 heavy (non-hydrogen) atoms. The van der Waals surface area contributed by atoms with Crippen LogP contribution in [0.4, 0.5) is 5.88 Å². The summed E-state index contributed by atoms with van der Waals surface area (Å²) in [4.78, 5) is 13.2. The van der Waals surface area contributed by atoms with Crippen LogP contribution in [0.2, 0.25) is 0 Å². The highest BCUT2D eigenvalue weighted by Gasteiger charge is 2.18. The molecule has 1 aliphatic heterocycles. The molecule has 0 saturated carbocycles. The Labute approximate surface area is 128 Å². The number of carbonyl (C=O) groups excluding carboxylic acids is 1. The Morgan fingerprint density at radius 3 is 2.77 bits per heavy atom. The third kappa shape index (κ3) is 2.72. The van der Waals surface area contributed by atoms with Crippen LogP contribution in [0.3, 0.4) is 0 Å². The second kappa shape index (κ2) is 5.78. The number of anilines is 1. The second-order valence-electron chi connectivity index (χ2n) is 5.15. The van der Waals surface area contributed by atoms with Gasteiger partial charge in [0.05, 0.1) is 0 Å². The molecule has 1 aliphatic rings. The van der Waals surface area contributed by atoms with E-state index in [1.807, 2.05) is 12.1 Å². The fourth-order valence-corrected chi connectivity index (χ4v) is 2.57. The number of nitrogens with two attached hydrogens (primary N) is 1. The minimum atomic E-state index is -0.757. The van der Waals surface area contributed by atoms with Gasteiger partial charge in [-0.1, -0.05) is 24.3 Å². The zero-order valence-corrected chi connectivity index (χ0v) is 12.0. The summed E-state index contributed by atoms with van der Waals surface area (Å²) < 4.78 is 5.71. The Morgan fingerprint density at radius 1 is 1.27 bits per heavy atom. The van der Waals surface area contributed by atoms with Crippen molar-refractivity contribution in [3.63, 3.8) is 0 Å². The molecule has 0 bridgehead atoms. The van der Waals surface area contributed by atoms with Crippen LogP contribution >= 0.6 is 0 Å². The van der Waals surface area contributed by atoms with E-state index in [0.29, 0.717) is 5.76 Å². The summed E-state index contributed by atoms with van der Waals surface area (Å²) in [6, 6.07) is 13.7. The van der Waals surface area contributed by atoms with Gasteiger partial charge >= 0.3 is 0 Å². The predicted molar refractivity (Wildman–Crippen MR) is 82.7 cm³/mol. The molecule has 2 heterocycles. The van der Waals surface area contributed by atoms with Crippen molar-refractivity contribution in [3.8, 4) is 6.07 Å². The molecule has 110 valence electrons. The first-order valence-electron chi connectivity index (χ1n) is 7.00. The Hall–Kier alpha value is -3.00. The quantitative estimate of drug-likeness (QED) is 0.695. The molecule has 5 nitrogen and oxygen atoms in total. The number of nitriles is 1. The number of amides is 1. The van der Waals surface area contributed by atoms with Gasteiger partial charge in [0.2, 0.25) is 0 Å². The van der Waals surface area contributed by atoms with Gasteiger partial charge in [0.1, 0.15) is 17.4 Å². The number of hydrogen-bond acceptors (Lipinski definition) is 4. The normalized spacial score (nSPS) is 14.3. The molecule has 5 heteroatoms. The van der Waals surface area contributed by atoms with E-state index in [0.717, 1.165) is 25.4 Å². The van der Waals surface area contributed by atoms with Gasteiger partial charge in [0.15, 0.2) is 5.88 Å². The number of primary amides is 1. The highest BCUT2D eigenvalue weighted by Crippen LogP contribution is 2.26. The highest BCUT2D eigenvalue weighted by molar-refractivity contribution is 6.00. The van der Waals surface area contributed by atoms with Crippen molar-refractivity contribution < 1.29 is 9.21 Å². The van der Waals surface area contributed by atoms with Crippen LogP contribution in [0.25, 0.3) is 6.08 Å². The van der Waals surface area contributed by atoms with Gasteiger partial charge in [0.25, 0.3) is 5.91 Å². The Kier molecular flexibility index (Phi) is 3.67. The molecule has 0 aliphatic carbocycles. The lowest BCUT2D eigenvalue weighted by Crippen LogP contribution is -2.29. The summed E-state index contributed by atoms with van der Waals surface area (Å²) in [5, 5.41) is 8.85. The number of carbonyl (C=O) groups is 1. The maximum absolute atomic E-state index is 11.1. The molecular formula is C17H15N3O2. The summed E-state index contributed by atoms with van der Waals surface area (Å²) in [6.07, 6.45) is 2.33. The number of hydrogen-bond donors (Lipinski definition) is 1. The number of furan rings is 1. The molecule has 1 aromatic heterocycles. The summed E-state index contributed by atoms with van der Waals surface area (Å²) in [5.41, 5.74) is 7.65. The van der Waals surface area contributed by atoms with Crippen molar-refractivity contribution >= 4 is 17.9 Å². The Bertz CT molecular complexity index is 783. The maximum Gasteiger partial charge on any atom is 0.259 e. The SMILES string of the molecule is N#CC(=Cc1ccc(N2CCc3ccccc3C2)o1)C(N)=O. The Morgan fingerprint density at radius 2 is 2.05 bits per heavy atom.